The highest BCUT2D eigenvalue weighted by atomic mass is 16.3. The Morgan fingerprint density at radius 2 is 1.62 bits per heavy atom. The molecule has 2 aromatic rings. The number of rotatable bonds is 3. The van der Waals surface area contributed by atoms with Gasteiger partial charge in [-0.25, -0.2) is 0 Å². The minimum Gasteiger partial charge on any atom is -0.508 e. The first kappa shape index (κ1) is 15.4. The Bertz CT molecular complexity index is 608. The number of hydrogen-bond donors (Lipinski definition) is 2. The van der Waals surface area contributed by atoms with Crippen molar-refractivity contribution in [3.05, 3.63) is 59.2 Å². The summed E-state index contributed by atoms with van der Waals surface area (Å²) in [6.45, 7) is 10.8. The monoisotopic (exact) mass is 283 g/mol. The zero-order valence-corrected chi connectivity index (χ0v) is 13.6. The molecule has 1 atom stereocenters. The molecule has 0 fully saturated rings. The second kappa shape index (κ2) is 5.80. The summed E-state index contributed by atoms with van der Waals surface area (Å²) in [5, 5.41) is 13.0. The van der Waals surface area contributed by atoms with E-state index in [2.05, 4.69) is 57.3 Å². The van der Waals surface area contributed by atoms with Gasteiger partial charge >= 0.3 is 0 Å². The molecule has 21 heavy (non-hydrogen) atoms. The van der Waals surface area contributed by atoms with Crippen LogP contribution in [0.25, 0.3) is 0 Å². The van der Waals surface area contributed by atoms with Gasteiger partial charge in [0.05, 0.1) is 0 Å². The topological polar surface area (TPSA) is 32.3 Å². The maximum atomic E-state index is 9.47. The number of aromatic hydroxyl groups is 1. The van der Waals surface area contributed by atoms with Crippen LogP contribution in [0, 0.1) is 6.92 Å². The van der Waals surface area contributed by atoms with E-state index in [0.717, 1.165) is 11.3 Å². The number of benzene rings is 2. The van der Waals surface area contributed by atoms with Crippen LogP contribution in [0.3, 0.4) is 0 Å². The third kappa shape index (κ3) is 3.78. The van der Waals surface area contributed by atoms with Gasteiger partial charge in [0.1, 0.15) is 5.75 Å². The molecule has 0 aromatic heterocycles. The van der Waals surface area contributed by atoms with Gasteiger partial charge in [0.2, 0.25) is 0 Å². The van der Waals surface area contributed by atoms with Crippen molar-refractivity contribution < 1.29 is 5.11 Å². The van der Waals surface area contributed by atoms with Gasteiger partial charge in [-0.3, -0.25) is 0 Å². The van der Waals surface area contributed by atoms with Crippen molar-refractivity contribution in [1.29, 1.82) is 0 Å². The van der Waals surface area contributed by atoms with Gasteiger partial charge in [0.15, 0.2) is 0 Å². The molecule has 0 amide bonds. The standard InChI is InChI=1S/C19H25NO/c1-13-12-17(21)10-11-18(13)20-14(2)15-6-8-16(9-7-15)19(3,4)5/h6-12,14,20-21H,1-5H3. The summed E-state index contributed by atoms with van der Waals surface area (Å²) in [7, 11) is 0. The van der Waals surface area contributed by atoms with Crippen molar-refractivity contribution in [2.45, 2.75) is 46.1 Å². The van der Waals surface area contributed by atoms with Gasteiger partial charge in [-0.1, -0.05) is 45.0 Å². The lowest BCUT2D eigenvalue weighted by Crippen LogP contribution is -2.12. The van der Waals surface area contributed by atoms with Crippen LogP contribution in [0.2, 0.25) is 0 Å². The highest BCUT2D eigenvalue weighted by Crippen LogP contribution is 2.27. The minimum atomic E-state index is 0.183. The molecule has 0 aliphatic rings. The highest BCUT2D eigenvalue weighted by Gasteiger charge is 2.14. The molecule has 2 rings (SSSR count). The van der Waals surface area contributed by atoms with Crippen LogP contribution >= 0.6 is 0 Å². The van der Waals surface area contributed by atoms with Crippen molar-refractivity contribution in [3.8, 4) is 5.75 Å². The lowest BCUT2D eigenvalue weighted by atomic mass is 9.86. The van der Waals surface area contributed by atoms with Gasteiger partial charge < -0.3 is 10.4 Å². The van der Waals surface area contributed by atoms with E-state index >= 15 is 0 Å². The van der Waals surface area contributed by atoms with E-state index < -0.39 is 0 Å². The smallest absolute Gasteiger partial charge is 0.115 e. The van der Waals surface area contributed by atoms with Crippen LogP contribution in [-0.4, -0.2) is 5.11 Å². The van der Waals surface area contributed by atoms with E-state index in [1.165, 1.54) is 11.1 Å². The summed E-state index contributed by atoms with van der Waals surface area (Å²) in [6.07, 6.45) is 0. The average molecular weight is 283 g/mol. The Hall–Kier alpha value is -1.96. The first-order valence-corrected chi connectivity index (χ1v) is 7.44. The number of hydrogen-bond acceptors (Lipinski definition) is 2. The van der Waals surface area contributed by atoms with E-state index in [1.807, 2.05) is 13.0 Å². The van der Waals surface area contributed by atoms with Crippen LogP contribution in [0.15, 0.2) is 42.5 Å². The fraction of sp³-hybridized carbons (Fsp3) is 0.368. The second-order valence-electron chi connectivity index (χ2n) is 6.74. The summed E-state index contributed by atoms with van der Waals surface area (Å²) in [5.41, 5.74) is 4.89. The molecule has 0 saturated heterocycles. The minimum absolute atomic E-state index is 0.183. The highest BCUT2D eigenvalue weighted by molar-refractivity contribution is 5.54. The number of nitrogens with one attached hydrogen (secondary N) is 1. The Morgan fingerprint density at radius 3 is 2.14 bits per heavy atom. The number of anilines is 1. The van der Waals surface area contributed by atoms with Crippen LogP contribution in [-0.2, 0) is 5.41 Å². The molecule has 0 saturated carbocycles. The van der Waals surface area contributed by atoms with Crippen molar-refractivity contribution in [2.75, 3.05) is 5.32 Å². The number of phenolic OH excluding ortho intramolecular Hbond substituents is 1. The van der Waals surface area contributed by atoms with Crippen LogP contribution in [0.4, 0.5) is 5.69 Å². The SMILES string of the molecule is Cc1cc(O)ccc1NC(C)c1ccc(C(C)(C)C)cc1. The Balaban J connectivity index is 2.15. The second-order valence-corrected chi connectivity index (χ2v) is 6.74. The van der Waals surface area contributed by atoms with Crippen molar-refractivity contribution in [2.24, 2.45) is 0 Å². The summed E-state index contributed by atoms with van der Waals surface area (Å²) >= 11 is 0. The molecule has 0 aliphatic heterocycles. The molecule has 0 spiro atoms. The molecule has 0 heterocycles. The zero-order chi connectivity index (χ0) is 15.6. The Kier molecular flexibility index (Phi) is 4.26. The first-order chi connectivity index (χ1) is 9.77. The van der Waals surface area contributed by atoms with E-state index in [-0.39, 0.29) is 11.5 Å². The first-order valence-electron chi connectivity index (χ1n) is 7.44. The van der Waals surface area contributed by atoms with E-state index in [9.17, 15) is 5.11 Å². The lowest BCUT2D eigenvalue weighted by Gasteiger charge is -2.21. The molecular formula is C19H25NO. The molecule has 2 heteroatoms. The molecule has 1 unspecified atom stereocenters. The largest absolute Gasteiger partial charge is 0.508 e. The van der Waals surface area contributed by atoms with Gasteiger partial charge in [-0.05, 0) is 54.2 Å². The van der Waals surface area contributed by atoms with Gasteiger partial charge in [0.25, 0.3) is 0 Å². The molecule has 2 N–H and O–H groups in total. The summed E-state index contributed by atoms with van der Waals surface area (Å²) in [6, 6.07) is 14.4. The molecule has 2 nitrogen and oxygen atoms in total. The third-order valence-corrected chi connectivity index (χ3v) is 3.86. The number of phenols is 1. The Morgan fingerprint density at radius 1 is 1.00 bits per heavy atom. The van der Waals surface area contributed by atoms with E-state index in [4.69, 9.17) is 0 Å². The van der Waals surface area contributed by atoms with Gasteiger partial charge in [-0.15, -0.1) is 0 Å². The maximum Gasteiger partial charge on any atom is 0.115 e. The summed E-state index contributed by atoms with van der Waals surface area (Å²) in [5.74, 6) is 0.306. The maximum absolute atomic E-state index is 9.47. The quantitative estimate of drug-likeness (QED) is 0.761. The molecule has 0 aliphatic carbocycles. The van der Waals surface area contributed by atoms with Crippen molar-refractivity contribution >= 4 is 5.69 Å². The number of aryl methyl sites for hydroxylation is 1. The third-order valence-electron chi connectivity index (χ3n) is 3.86. The van der Waals surface area contributed by atoms with Crippen LogP contribution in [0.5, 0.6) is 5.75 Å². The summed E-state index contributed by atoms with van der Waals surface area (Å²) in [4.78, 5) is 0. The average Bonchev–Trinajstić information content (AvgIpc) is 2.41. The predicted molar refractivity (Wildman–Crippen MR) is 90.0 cm³/mol. The van der Waals surface area contributed by atoms with Crippen LogP contribution < -0.4 is 5.32 Å². The predicted octanol–water partition coefficient (Wildman–Crippen LogP) is 5.17. The fourth-order valence-corrected chi connectivity index (χ4v) is 2.40. The molecule has 0 radical (unpaired) electrons. The lowest BCUT2D eigenvalue weighted by molar-refractivity contribution is 0.475. The van der Waals surface area contributed by atoms with Gasteiger partial charge in [-0.2, -0.15) is 0 Å². The Labute approximate surface area is 127 Å². The van der Waals surface area contributed by atoms with E-state index in [0.29, 0.717) is 5.75 Å². The van der Waals surface area contributed by atoms with Crippen molar-refractivity contribution in [1.82, 2.24) is 0 Å². The molecule has 2 aromatic carbocycles. The molecule has 112 valence electrons. The summed E-state index contributed by atoms with van der Waals surface area (Å²) < 4.78 is 0. The molecule has 0 bridgehead atoms. The fourth-order valence-electron chi connectivity index (χ4n) is 2.40. The van der Waals surface area contributed by atoms with Gasteiger partial charge in [0, 0.05) is 11.7 Å². The zero-order valence-electron chi connectivity index (χ0n) is 13.6. The van der Waals surface area contributed by atoms with Crippen LogP contribution in [0.1, 0.15) is 50.4 Å². The van der Waals surface area contributed by atoms with Crippen molar-refractivity contribution in [3.63, 3.8) is 0 Å². The normalized spacial score (nSPS) is 13.0. The molecular weight excluding hydrogens is 258 g/mol. The van der Waals surface area contributed by atoms with E-state index in [1.54, 1.807) is 12.1 Å².